The zero-order chi connectivity index (χ0) is 17.8. The molecule has 2 unspecified atom stereocenters. The lowest BCUT2D eigenvalue weighted by Crippen LogP contribution is -2.32. The van der Waals surface area contributed by atoms with Gasteiger partial charge in [-0.05, 0) is 42.7 Å². The second kappa shape index (κ2) is 7.47. The van der Waals surface area contributed by atoms with Gasteiger partial charge in [0.2, 0.25) is 11.8 Å². The molecule has 0 aliphatic heterocycles. The normalized spacial score (nSPS) is 18.5. The minimum absolute atomic E-state index is 0.0233. The summed E-state index contributed by atoms with van der Waals surface area (Å²) in [7, 11) is 1.74. The van der Waals surface area contributed by atoms with Crippen molar-refractivity contribution < 1.29 is 14.0 Å². The van der Waals surface area contributed by atoms with E-state index in [0.29, 0.717) is 19.4 Å². The molecule has 2 aromatic rings. The van der Waals surface area contributed by atoms with Crippen molar-refractivity contribution in [3.8, 4) is 0 Å². The molecule has 0 heterocycles. The summed E-state index contributed by atoms with van der Waals surface area (Å²) < 4.78 is 12.9. The van der Waals surface area contributed by atoms with Gasteiger partial charge in [0.05, 0.1) is 11.8 Å². The van der Waals surface area contributed by atoms with Crippen LogP contribution < -0.4 is 10.2 Å². The SMILES string of the molecule is CN(C(=O)C1CC1C(=O)NCCc1ccc(F)cc1)c1ccccc1. The third-order valence-corrected chi connectivity index (χ3v) is 4.54. The molecule has 0 saturated heterocycles. The Hall–Kier alpha value is -2.69. The third kappa shape index (κ3) is 4.24. The summed E-state index contributed by atoms with van der Waals surface area (Å²) in [4.78, 5) is 26.2. The molecule has 2 aromatic carbocycles. The van der Waals surface area contributed by atoms with Crippen LogP contribution in [0.15, 0.2) is 54.6 Å². The largest absolute Gasteiger partial charge is 0.356 e. The fourth-order valence-electron chi connectivity index (χ4n) is 2.90. The van der Waals surface area contributed by atoms with Gasteiger partial charge in [0, 0.05) is 19.3 Å². The maximum atomic E-state index is 12.9. The maximum absolute atomic E-state index is 12.9. The number of hydrogen-bond donors (Lipinski definition) is 1. The molecule has 5 heteroatoms. The summed E-state index contributed by atoms with van der Waals surface area (Å²) >= 11 is 0. The minimum atomic E-state index is -0.269. The van der Waals surface area contributed by atoms with E-state index in [1.54, 1.807) is 24.1 Å². The predicted octanol–water partition coefficient (Wildman–Crippen LogP) is 2.78. The quantitative estimate of drug-likeness (QED) is 0.879. The van der Waals surface area contributed by atoms with Crippen LogP contribution >= 0.6 is 0 Å². The van der Waals surface area contributed by atoms with Crippen LogP contribution in [0.25, 0.3) is 0 Å². The lowest BCUT2D eigenvalue weighted by Gasteiger charge is -2.17. The fourth-order valence-corrected chi connectivity index (χ4v) is 2.90. The Bertz CT molecular complexity index is 746. The number of para-hydroxylation sites is 1. The molecule has 0 radical (unpaired) electrons. The molecule has 2 atom stereocenters. The highest BCUT2D eigenvalue weighted by Gasteiger charge is 2.49. The molecule has 1 aliphatic rings. The zero-order valence-electron chi connectivity index (χ0n) is 14.1. The number of nitrogens with one attached hydrogen (secondary N) is 1. The van der Waals surface area contributed by atoms with E-state index in [9.17, 15) is 14.0 Å². The van der Waals surface area contributed by atoms with Crippen molar-refractivity contribution >= 4 is 17.5 Å². The number of carbonyl (C=O) groups excluding carboxylic acids is 2. The van der Waals surface area contributed by atoms with Gasteiger partial charge in [-0.3, -0.25) is 9.59 Å². The third-order valence-electron chi connectivity index (χ3n) is 4.54. The fraction of sp³-hybridized carbons (Fsp3) is 0.300. The minimum Gasteiger partial charge on any atom is -0.356 e. The molecule has 4 nitrogen and oxygen atoms in total. The molecule has 1 fully saturated rings. The van der Waals surface area contributed by atoms with Crippen LogP contribution in [0.5, 0.6) is 0 Å². The van der Waals surface area contributed by atoms with Crippen molar-refractivity contribution in [2.75, 3.05) is 18.5 Å². The Kier molecular flexibility index (Phi) is 5.12. The summed E-state index contributed by atoms with van der Waals surface area (Å²) in [6.45, 7) is 0.483. The Morgan fingerprint density at radius 3 is 2.44 bits per heavy atom. The number of amides is 2. The van der Waals surface area contributed by atoms with Crippen molar-refractivity contribution in [2.24, 2.45) is 11.8 Å². The summed E-state index contributed by atoms with van der Waals surface area (Å²) in [6, 6.07) is 15.6. The molecular weight excluding hydrogens is 319 g/mol. The Morgan fingerprint density at radius 1 is 1.08 bits per heavy atom. The van der Waals surface area contributed by atoms with Crippen molar-refractivity contribution in [3.05, 3.63) is 66.0 Å². The summed E-state index contributed by atoms with van der Waals surface area (Å²) in [5, 5.41) is 2.87. The van der Waals surface area contributed by atoms with Crippen LogP contribution in [-0.4, -0.2) is 25.4 Å². The van der Waals surface area contributed by atoms with Gasteiger partial charge in [0.25, 0.3) is 0 Å². The molecule has 2 amide bonds. The zero-order valence-corrected chi connectivity index (χ0v) is 14.1. The van der Waals surface area contributed by atoms with Crippen LogP contribution in [0.3, 0.4) is 0 Å². The van der Waals surface area contributed by atoms with E-state index in [-0.39, 0.29) is 29.5 Å². The molecule has 1 N–H and O–H groups in total. The number of nitrogens with zero attached hydrogens (tertiary/aromatic N) is 1. The molecule has 25 heavy (non-hydrogen) atoms. The van der Waals surface area contributed by atoms with Gasteiger partial charge in [-0.15, -0.1) is 0 Å². The highest BCUT2D eigenvalue weighted by Crippen LogP contribution is 2.40. The van der Waals surface area contributed by atoms with E-state index in [4.69, 9.17) is 0 Å². The van der Waals surface area contributed by atoms with E-state index in [1.165, 1.54) is 12.1 Å². The lowest BCUT2D eigenvalue weighted by atomic mass is 10.1. The van der Waals surface area contributed by atoms with Crippen LogP contribution in [0, 0.1) is 17.7 Å². The molecule has 0 bridgehead atoms. The summed E-state index contributed by atoms with van der Waals surface area (Å²) in [5.41, 5.74) is 1.80. The number of rotatable bonds is 6. The summed E-state index contributed by atoms with van der Waals surface area (Å²) in [5.74, 6) is -0.857. The highest BCUT2D eigenvalue weighted by atomic mass is 19.1. The molecule has 3 rings (SSSR count). The van der Waals surface area contributed by atoms with Crippen LogP contribution in [-0.2, 0) is 16.0 Å². The molecule has 1 aliphatic carbocycles. The molecule has 0 aromatic heterocycles. The Balaban J connectivity index is 1.45. The first-order valence-corrected chi connectivity index (χ1v) is 8.41. The van der Waals surface area contributed by atoms with Gasteiger partial charge in [0.15, 0.2) is 0 Å². The van der Waals surface area contributed by atoms with Gasteiger partial charge < -0.3 is 10.2 Å². The Morgan fingerprint density at radius 2 is 1.76 bits per heavy atom. The maximum Gasteiger partial charge on any atom is 0.230 e. The topological polar surface area (TPSA) is 49.4 Å². The van der Waals surface area contributed by atoms with Crippen LogP contribution in [0.4, 0.5) is 10.1 Å². The average Bonchev–Trinajstić information content (AvgIpc) is 3.43. The lowest BCUT2D eigenvalue weighted by molar-refractivity contribution is -0.125. The second-order valence-electron chi connectivity index (χ2n) is 6.35. The van der Waals surface area contributed by atoms with E-state index in [0.717, 1.165) is 11.3 Å². The van der Waals surface area contributed by atoms with Gasteiger partial charge in [-0.25, -0.2) is 4.39 Å². The van der Waals surface area contributed by atoms with Gasteiger partial charge in [0.1, 0.15) is 5.82 Å². The van der Waals surface area contributed by atoms with Gasteiger partial charge in [-0.2, -0.15) is 0 Å². The van der Waals surface area contributed by atoms with Crippen molar-refractivity contribution in [3.63, 3.8) is 0 Å². The van der Waals surface area contributed by atoms with E-state index in [2.05, 4.69) is 5.32 Å². The number of benzene rings is 2. The first-order valence-electron chi connectivity index (χ1n) is 8.41. The highest BCUT2D eigenvalue weighted by molar-refractivity contribution is 6.00. The first-order chi connectivity index (χ1) is 12.1. The molecule has 0 spiro atoms. The number of halogens is 1. The van der Waals surface area contributed by atoms with Crippen molar-refractivity contribution in [1.29, 1.82) is 0 Å². The number of carbonyl (C=O) groups is 2. The summed E-state index contributed by atoms with van der Waals surface area (Å²) in [6.07, 6.45) is 1.24. The van der Waals surface area contributed by atoms with Gasteiger partial charge in [-0.1, -0.05) is 30.3 Å². The van der Waals surface area contributed by atoms with E-state index < -0.39 is 0 Å². The van der Waals surface area contributed by atoms with E-state index in [1.807, 2.05) is 30.3 Å². The van der Waals surface area contributed by atoms with Crippen molar-refractivity contribution in [1.82, 2.24) is 5.32 Å². The van der Waals surface area contributed by atoms with Crippen LogP contribution in [0.2, 0.25) is 0 Å². The number of hydrogen-bond acceptors (Lipinski definition) is 2. The molecule has 1 saturated carbocycles. The number of anilines is 1. The van der Waals surface area contributed by atoms with E-state index >= 15 is 0 Å². The van der Waals surface area contributed by atoms with Crippen molar-refractivity contribution in [2.45, 2.75) is 12.8 Å². The first kappa shape index (κ1) is 17.1. The predicted molar refractivity (Wildman–Crippen MR) is 94.6 cm³/mol. The monoisotopic (exact) mass is 340 g/mol. The van der Waals surface area contributed by atoms with Gasteiger partial charge >= 0.3 is 0 Å². The standard InChI is InChI=1S/C20H21FN2O2/c1-23(16-5-3-2-4-6-16)20(25)18-13-17(18)19(24)22-12-11-14-7-9-15(21)10-8-14/h2-10,17-18H,11-13H2,1H3,(H,22,24). The molecular formula is C20H21FN2O2. The molecule has 130 valence electrons. The average molecular weight is 340 g/mol. The second-order valence-corrected chi connectivity index (χ2v) is 6.35. The Labute approximate surface area is 146 Å². The van der Waals surface area contributed by atoms with Crippen LogP contribution in [0.1, 0.15) is 12.0 Å². The smallest absolute Gasteiger partial charge is 0.230 e.